The van der Waals surface area contributed by atoms with Crippen LogP contribution in [0.25, 0.3) is 22.1 Å². The molecule has 8 heteroatoms. The van der Waals surface area contributed by atoms with Crippen LogP contribution in [0.1, 0.15) is 11.1 Å². The van der Waals surface area contributed by atoms with Gasteiger partial charge in [0.2, 0.25) is 11.7 Å². The highest BCUT2D eigenvalue weighted by Crippen LogP contribution is 2.21. The molecule has 6 rings (SSSR count). The molecule has 0 saturated heterocycles. The van der Waals surface area contributed by atoms with Crippen molar-refractivity contribution in [2.75, 3.05) is 0 Å². The minimum atomic E-state index is 0.476. The molecule has 4 aromatic carbocycles. The smallest absolute Gasteiger partial charge is 0.201 e. The maximum Gasteiger partial charge on any atom is 0.201 e. The molecular formula is C28H22N8. The number of para-hydroxylation sites is 2. The predicted molar refractivity (Wildman–Crippen MR) is 142 cm³/mol. The van der Waals surface area contributed by atoms with Gasteiger partial charge in [0.25, 0.3) is 0 Å². The SMILES string of the molecule is Cc1ccc(N=C(C(=Nc2ccc(C)cc2)n2nnc3ccccc32)n2nnc3ccccc32)cc1. The average molecular weight is 471 g/mol. The zero-order chi connectivity index (χ0) is 24.5. The van der Waals surface area contributed by atoms with Crippen LogP contribution in [0.15, 0.2) is 107 Å². The number of hydrogen-bond acceptors (Lipinski definition) is 6. The van der Waals surface area contributed by atoms with E-state index in [4.69, 9.17) is 9.98 Å². The third kappa shape index (κ3) is 4.05. The first-order chi connectivity index (χ1) is 17.7. The van der Waals surface area contributed by atoms with Gasteiger partial charge < -0.3 is 0 Å². The van der Waals surface area contributed by atoms with E-state index in [9.17, 15) is 0 Å². The van der Waals surface area contributed by atoms with Crippen LogP contribution in [-0.4, -0.2) is 41.7 Å². The molecule has 36 heavy (non-hydrogen) atoms. The monoisotopic (exact) mass is 470 g/mol. The Labute approximate surface area is 207 Å². The van der Waals surface area contributed by atoms with Crippen LogP contribution in [0.5, 0.6) is 0 Å². The van der Waals surface area contributed by atoms with Crippen molar-refractivity contribution < 1.29 is 0 Å². The summed E-state index contributed by atoms with van der Waals surface area (Å²) in [7, 11) is 0. The van der Waals surface area contributed by atoms with Gasteiger partial charge in [-0.2, -0.15) is 9.36 Å². The molecule has 0 amide bonds. The van der Waals surface area contributed by atoms with Gasteiger partial charge in [0, 0.05) is 0 Å². The van der Waals surface area contributed by atoms with Gasteiger partial charge in [-0.25, -0.2) is 9.98 Å². The Morgan fingerprint density at radius 2 is 0.917 bits per heavy atom. The molecule has 2 heterocycles. The molecule has 0 spiro atoms. The van der Waals surface area contributed by atoms with E-state index in [0.717, 1.165) is 44.6 Å². The van der Waals surface area contributed by atoms with Crippen LogP contribution in [0.3, 0.4) is 0 Å². The summed E-state index contributed by atoms with van der Waals surface area (Å²) in [5, 5.41) is 17.7. The summed E-state index contributed by atoms with van der Waals surface area (Å²) in [6, 6.07) is 31.5. The van der Waals surface area contributed by atoms with Crippen LogP contribution < -0.4 is 0 Å². The molecule has 0 saturated carbocycles. The first kappa shape index (κ1) is 21.5. The Morgan fingerprint density at radius 3 is 1.33 bits per heavy atom. The molecular weight excluding hydrogens is 448 g/mol. The highest BCUT2D eigenvalue weighted by Gasteiger charge is 2.22. The topological polar surface area (TPSA) is 86.1 Å². The fraction of sp³-hybridized carbons (Fsp3) is 0.0714. The van der Waals surface area contributed by atoms with Gasteiger partial charge in [0.05, 0.1) is 22.4 Å². The van der Waals surface area contributed by atoms with Gasteiger partial charge in [-0.15, -0.1) is 10.2 Å². The zero-order valence-electron chi connectivity index (χ0n) is 19.8. The standard InChI is InChI=1S/C28H22N8/c1-19-11-15-21(16-12-19)29-27(35-25-9-5-3-7-23(25)31-33-35)28(30-22-17-13-20(2)14-18-22)36-26-10-6-4-8-24(26)32-34-36/h3-18H,1-2H3. The summed E-state index contributed by atoms with van der Waals surface area (Å²) in [5.74, 6) is 0.951. The van der Waals surface area contributed by atoms with Gasteiger partial charge in [-0.1, -0.05) is 70.1 Å². The molecule has 0 fully saturated rings. The number of benzene rings is 4. The van der Waals surface area contributed by atoms with Crippen molar-refractivity contribution in [3.63, 3.8) is 0 Å². The van der Waals surface area contributed by atoms with Crippen molar-refractivity contribution >= 4 is 45.1 Å². The fourth-order valence-electron chi connectivity index (χ4n) is 3.92. The van der Waals surface area contributed by atoms with Crippen molar-refractivity contribution in [2.45, 2.75) is 13.8 Å². The quantitative estimate of drug-likeness (QED) is 0.242. The van der Waals surface area contributed by atoms with E-state index in [1.165, 1.54) is 0 Å². The van der Waals surface area contributed by atoms with Gasteiger partial charge in [-0.3, -0.25) is 0 Å². The van der Waals surface area contributed by atoms with Crippen LogP contribution in [-0.2, 0) is 0 Å². The fourth-order valence-corrected chi connectivity index (χ4v) is 3.92. The molecule has 8 nitrogen and oxygen atoms in total. The van der Waals surface area contributed by atoms with Crippen LogP contribution in [0.4, 0.5) is 11.4 Å². The Hall–Kier alpha value is -4.98. The lowest BCUT2D eigenvalue weighted by Gasteiger charge is -2.12. The number of nitrogens with zero attached hydrogens (tertiary/aromatic N) is 8. The second kappa shape index (κ2) is 8.99. The minimum absolute atomic E-state index is 0.476. The van der Waals surface area contributed by atoms with E-state index in [0.29, 0.717) is 11.7 Å². The Balaban J connectivity index is 1.66. The molecule has 2 aromatic heterocycles. The van der Waals surface area contributed by atoms with Crippen molar-refractivity contribution in [1.29, 1.82) is 0 Å². The van der Waals surface area contributed by atoms with Crippen molar-refractivity contribution in [3.05, 3.63) is 108 Å². The highest BCUT2D eigenvalue weighted by atomic mass is 15.5. The Bertz CT molecular complexity index is 1610. The lowest BCUT2D eigenvalue weighted by atomic mass is 10.2. The number of fused-ring (bicyclic) bond motifs is 2. The number of rotatable bonds is 2. The number of aryl methyl sites for hydroxylation is 2. The average Bonchev–Trinajstić information content (AvgIpc) is 3.53. The predicted octanol–water partition coefficient (Wildman–Crippen LogP) is 5.65. The van der Waals surface area contributed by atoms with Crippen LogP contribution in [0.2, 0.25) is 0 Å². The molecule has 0 bridgehead atoms. The van der Waals surface area contributed by atoms with E-state index >= 15 is 0 Å². The van der Waals surface area contributed by atoms with Crippen LogP contribution >= 0.6 is 0 Å². The first-order valence-electron chi connectivity index (χ1n) is 11.6. The van der Waals surface area contributed by atoms with Crippen molar-refractivity contribution in [2.24, 2.45) is 9.98 Å². The molecule has 174 valence electrons. The molecule has 0 aliphatic heterocycles. The van der Waals surface area contributed by atoms with E-state index in [1.54, 1.807) is 9.36 Å². The van der Waals surface area contributed by atoms with Gasteiger partial charge in [0.15, 0.2) is 0 Å². The summed E-state index contributed by atoms with van der Waals surface area (Å²) < 4.78 is 3.41. The van der Waals surface area contributed by atoms with E-state index in [-0.39, 0.29) is 0 Å². The number of aromatic nitrogens is 6. The third-order valence-corrected chi connectivity index (χ3v) is 5.84. The molecule has 0 radical (unpaired) electrons. The zero-order valence-corrected chi connectivity index (χ0v) is 19.8. The van der Waals surface area contributed by atoms with Crippen molar-refractivity contribution in [1.82, 2.24) is 30.0 Å². The summed E-state index contributed by atoms with van der Waals surface area (Å²) in [5.41, 5.74) is 6.95. The molecule has 0 aliphatic carbocycles. The number of aliphatic imine (C=N–C) groups is 2. The third-order valence-electron chi connectivity index (χ3n) is 5.84. The second-order valence-corrected chi connectivity index (χ2v) is 8.52. The molecule has 0 aliphatic rings. The van der Waals surface area contributed by atoms with Gasteiger partial charge >= 0.3 is 0 Å². The maximum atomic E-state index is 5.03. The Kier molecular flexibility index (Phi) is 5.38. The van der Waals surface area contributed by atoms with Crippen LogP contribution in [0, 0.1) is 13.8 Å². The van der Waals surface area contributed by atoms with Gasteiger partial charge in [0.1, 0.15) is 11.0 Å². The Morgan fingerprint density at radius 1 is 0.528 bits per heavy atom. The van der Waals surface area contributed by atoms with E-state index < -0.39 is 0 Å². The largest absolute Gasteiger partial charge is 0.226 e. The second-order valence-electron chi connectivity index (χ2n) is 8.52. The van der Waals surface area contributed by atoms with E-state index in [1.807, 2.05) is 111 Å². The molecule has 0 N–H and O–H groups in total. The van der Waals surface area contributed by atoms with Gasteiger partial charge in [-0.05, 0) is 62.4 Å². The normalized spacial score (nSPS) is 12.5. The molecule has 0 unspecified atom stereocenters. The minimum Gasteiger partial charge on any atom is -0.226 e. The molecule has 6 aromatic rings. The first-order valence-corrected chi connectivity index (χ1v) is 11.6. The summed E-state index contributed by atoms with van der Waals surface area (Å²) in [6.07, 6.45) is 0. The summed E-state index contributed by atoms with van der Waals surface area (Å²) >= 11 is 0. The number of hydrogen-bond donors (Lipinski definition) is 0. The maximum absolute atomic E-state index is 5.03. The van der Waals surface area contributed by atoms with E-state index in [2.05, 4.69) is 20.6 Å². The summed E-state index contributed by atoms with van der Waals surface area (Å²) in [4.78, 5) is 10.1. The lowest BCUT2D eigenvalue weighted by molar-refractivity contribution is 0.841. The summed E-state index contributed by atoms with van der Waals surface area (Å²) in [6.45, 7) is 4.09. The van der Waals surface area contributed by atoms with Crippen molar-refractivity contribution in [3.8, 4) is 0 Å². The highest BCUT2D eigenvalue weighted by molar-refractivity contribution is 6.43. The lowest BCUT2D eigenvalue weighted by Crippen LogP contribution is -2.31. The molecule has 0 atom stereocenters.